The molecule has 29 heavy (non-hydrogen) atoms. The molecule has 1 amide bonds. The summed E-state index contributed by atoms with van der Waals surface area (Å²) in [7, 11) is -3.95. The molecule has 6 nitrogen and oxygen atoms in total. The van der Waals surface area contributed by atoms with E-state index in [1.54, 1.807) is 24.3 Å². The van der Waals surface area contributed by atoms with E-state index in [1.165, 1.54) is 18.2 Å². The predicted molar refractivity (Wildman–Crippen MR) is 122 cm³/mol. The van der Waals surface area contributed by atoms with Gasteiger partial charge in [0.2, 0.25) is 0 Å². The lowest BCUT2D eigenvalue weighted by Crippen LogP contribution is -2.16. The molecular weight excluding hydrogens is 527 g/mol. The molecule has 0 radical (unpaired) electrons. The Kier molecular flexibility index (Phi) is 6.99. The van der Waals surface area contributed by atoms with Crippen LogP contribution >= 0.6 is 34.2 Å². The zero-order valence-corrected chi connectivity index (χ0v) is 18.7. The van der Waals surface area contributed by atoms with Crippen molar-refractivity contribution in [1.29, 1.82) is 0 Å². The van der Waals surface area contributed by atoms with Crippen molar-refractivity contribution in [2.24, 2.45) is 0 Å². The standard InChI is InChI=1S/C20H16ClIN2O4S/c21-18-11-10-17(23-20(25)28-13-14-4-2-1-3-5-14)12-19(18)29(26,27)24-16-8-6-15(22)7-9-16/h1-12,24H,13H2,(H,23,25). The van der Waals surface area contributed by atoms with Gasteiger partial charge in [0.1, 0.15) is 11.5 Å². The van der Waals surface area contributed by atoms with Crippen LogP contribution in [0.5, 0.6) is 0 Å². The first-order chi connectivity index (χ1) is 13.8. The number of anilines is 2. The third kappa shape index (κ3) is 6.09. The molecule has 0 bridgehead atoms. The molecule has 0 aliphatic heterocycles. The SMILES string of the molecule is O=C(Nc1ccc(Cl)c(S(=O)(=O)Nc2ccc(I)cc2)c1)OCc1ccccc1. The second-order valence-electron chi connectivity index (χ2n) is 5.94. The molecule has 0 aromatic heterocycles. The van der Waals surface area contributed by atoms with Crippen LogP contribution in [0, 0.1) is 3.57 Å². The van der Waals surface area contributed by atoms with Crippen molar-refractivity contribution in [3.05, 3.63) is 87.0 Å². The number of carbonyl (C=O) groups excluding carboxylic acids is 1. The van der Waals surface area contributed by atoms with E-state index in [-0.39, 0.29) is 22.2 Å². The second-order valence-corrected chi connectivity index (χ2v) is 9.25. The number of nitrogens with one attached hydrogen (secondary N) is 2. The molecule has 0 heterocycles. The summed E-state index contributed by atoms with van der Waals surface area (Å²) in [6.45, 7) is 0.0970. The molecule has 0 fully saturated rings. The quantitative estimate of drug-likeness (QED) is 0.403. The van der Waals surface area contributed by atoms with Gasteiger partial charge in [0.05, 0.1) is 5.02 Å². The van der Waals surface area contributed by atoms with Crippen molar-refractivity contribution in [1.82, 2.24) is 0 Å². The maximum Gasteiger partial charge on any atom is 0.411 e. The van der Waals surface area contributed by atoms with E-state index < -0.39 is 16.1 Å². The predicted octanol–water partition coefficient (Wildman–Crippen LogP) is 5.49. The van der Waals surface area contributed by atoms with Crippen LogP contribution in [-0.2, 0) is 21.4 Å². The summed E-state index contributed by atoms with van der Waals surface area (Å²) < 4.78 is 34.0. The zero-order chi connectivity index (χ0) is 20.9. The Bertz CT molecular complexity index is 1110. The molecule has 0 saturated carbocycles. The minimum absolute atomic E-state index is 0.0335. The average Bonchev–Trinajstić information content (AvgIpc) is 2.70. The van der Waals surface area contributed by atoms with Crippen molar-refractivity contribution < 1.29 is 17.9 Å². The Hall–Kier alpha value is -2.30. The molecule has 3 aromatic carbocycles. The summed E-state index contributed by atoms with van der Waals surface area (Å²) in [4.78, 5) is 11.9. The molecule has 3 aromatic rings. The molecule has 0 aliphatic carbocycles. The fourth-order valence-corrected chi connectivity index (χ4v) is 4.34. The number of amides is 1. The number of halogens is 2. The van der Waals surface area contributed by atoms with Crippen LogP contribution in [0.25, 0.3) is 0 Å². The normalized spacial score (nSPS) is 11.0. The van der Waals surface area contributed by atoms with Gasteiger partial charge in [-0.25, -0.2) is 13.2 Å². The monoisotopic (exact) mass is 542 g/mol. The number of hydrogen-bond acceptors (Lipinski definition) is 4. The highest BCUT2D eigenvalue weighted by atomic mass is 127. The van der Waals surface area contributed by atoms with Gasteiger partial charge in [-0.05, 0) is 70.6 Å². The Balaban J connectivity index is 1.71. The Morgan fingerprint density at radius 2 is 1.62 bits per heavy atom. The van der Waals surface area contributed by atoms with E-state index >= 15 is 0 Å². The summed E-state index contributed by atoms with van der Waals surface area (Å²) in [5, 5.41) is 2.54. The van der Waals surface area contributed by atoms with E-state index in [4.69, 9.17) is 16.3 Å². The smallest absolute Gasteiger partial charge is 0.411 e. The van der Waals surface area contributed by atoms with Crippen LogP contribution in [-0.4, -0.2) is 14.5 Å². The maximum atomic E-state index is 12.7. The van der Waals surface area contributed by atoms with E-state index in [0.29, 0.717) is 5.69 Å². The summed E-state index contributed by atoms with van der Waals surface area (Å²) >= 11 is 8.21. The number of sulfonamides is 1. The van der Waals surface area contributed by atoms with Gasteiger partial charge in [0.15, 0.2) is 0 Å². The van der Waals surface area contributed by atoms with Crippen molar-refractivity contribution in [3.63, 3.8) is 0 Å². The van der Waals surface area contributed by atoms with Gasteiger partial charge in [0, 0.05) is 14.9 Å². The lowest BCUT2D eigenvalue weighted by atomic mass is 10.2. The summed E-state index contributed by atoms with van der Waals surface area (Å²) in [5.41, 5.74) is 1.49. The van der Waals surface area contributed by atoms with Crippen molar-refractivity contribution >= 4 is 61.7 Å². The molecule has 3 rings (SSSR count). The first-order valence-electron chi connectivity index (χ1n) is 8.39. The van der Waals surface area contributed by atoms with Crippen molar-refractivity contribution in [2.45, 2.75) is 11.5 Å². The second kappa shape index (κ2) is 9.47. The van der Waals surface area contributed by atoms with Gasteiger partial charge < -0.3 is 4.74 Å². The minimum atomic E-state index is -3.95. The highest BCUT2D eigenvalue weighted by Crippen LogP contribution is 2.27. The Labute approximate surface area is 187 Å². The Morgan fingerprint density at radius 3 is 2.31 bits per heavy atom. The van der Waals surface area contributed by atoms with Gasteiger partial charge in [0.25, 0.3) is 10.0 Å². The molecule has 0 aliphatic rings. The molecule has 150 valence electrons. The van der Waals surface area contributed by atoms with Gasteiger partial charge in [-0.2, -0.15) is 0 Å². The summed E-state index contributed by atoms with van der Waals surface area (Å²) in [5.74, 6) is 0. The summed E-state index contributed by atoms with van der Waals surface area (Å²) in [6, 6.07) is 20.2. The van der Waals surface area contributed by atoms with Crippen molar-refractivity contribution in [2.75, 3.05) is 10.0 Å². The van der Waals surface area contributed by atoms with E-state index in [9.17, 15) is 13.2 Å². The fourth-order valence-electron chi connectivity index (χ4n) is 2.39. The van der Waals surface area contributed by atoms with E-state index in [0.717, 1.165) is 9.13 Å². The highest BCUT2D eigenvalue weighted by molar-refractivity contribution is 14.1. The average molecular weight is 543 g/mol. The molecule has 0 spiro atoms. The third-order valence-electron chi connectivity index (χ3n) is 3.78. The van der Waals surface area contributed by atoms with Gasteiger partial charge in [-0.1, -0.05) is 41.9 Å². The minimum Gasteiger partial charge on any atom is -0.444 e. The fraction of sp³-hybridized carbons (Fsp3) is 0.0500. The van der Waals surface area contributed by atoms with Crippen LogP contribution in [0.4, 0.5) is 16.2 Å². The maximum absolute atomic E-state index is 12.7. The first kappa shape index (κ1) is 21.4. The van der Waals surface area contributed by atoms with Crippen LogP contribution < -0.4 is 10.0 Å². The molecular formula is C20H16ClIN2O4S. The van der Waals surface area contributed by atoms with E-state index in [2.05, 4.69) is 32.6 Å². The van der Waals surface area contributed by atoms with Crippen LogP contribution in [0.15, 0.2) is 77.7 Å². The lowest BCUT2D eigenvalue weighted by molar-refractivity contribution is 0.155. The first-order valence-corrected chi connectivity index (χ1v) is 11.3. The number of ether oxygens (including phenoxy) is 1. The number of rotatable bonds is 6. The molecule has 0 atom stereocenters. The third-order valence-corrected chi connectivity index (χ3v) is 6.36. The topological polar surface area (TPSA) is 84.5 Å². The van der Waals surface area contributed by atoms with Gasteiger partial charge in [-0.15, -0.1) is 0 Å². The van der Waals surface area contributed by atoms with Crippen LogP contribution in [0.1, 0.15) is 5.56 Å². The van der Waals surface area contributed by atoms with Gasteiger partial charge >= 0.3 is 6.09 Å². The number of carbonyl (C=O) groups is 1. The summed E-state index contributed by atoms with van der Waals surface area (Å²) in [6.07, 6.45) is -0.704. The molecule has 0 unspecified atom stereocenters. The highest BCUT2D eigenvalue weighted by Gasteiger charge is 2.19. The molecule has 2 N–H and O–H groups in total. The van der Waals surface area contributed by atoms with Crippen molar-refractivity contribution in [3.8, 4) is 0 Å². The number of benzene rings is 3. The van der Waals surface area contributed by atoms with Gasteiger partial charge in [-0.3, -0.25) is 10.0 Å². The lowest BCUT2D eigenvalue weighted by Gasteiger charge is -2.12. The zero-order valence-electron chi connectivity index (χ0n) is 14.9. The largest absolute Gasteiger partial charge is 0.444 e. The Morgan fingerprint density at radius 1 is 0.966 bits per heavy atom. The molecule has 0 saturated heterocycles. The van der Waals surface area contributed by atoms with E-state index in [1.807, 2.05) is 30.3 Å². The molecule has 9 heteroatoms. The van der Waals surface area contributed by atoms with Crippen LogP contribution in [0.3, 0.4) is 0 Å². The van der Waals surface area contributed by atoms with Crippen LogP contribution in [0.2, 0.25) is 5.02 Å². The number of hydrogen-bond donors (Lipinski definition) is 2.